The Hall–Kier alpha value is -10.2. The van der Waals surface area contributed by atoms with E-state index in [0.29, 0.717) is 0 Å². The van der Waals surface area contributed by atoms with Crippen molar-refractivity contribution in [2.75, 3.05) is 47.7 Å². The zero-order chi connectivity index (χ0) is 66.8. The third-order valence-electron chi connectivity index (χ3n) is 22.3. The van der Waals surface area contributed by atoms with E-state index in [4.69, 9.17) is 9.47 Å². The first-order valence-corrected chi connectivity index (χ1v) is 37.3. The van der Waals surface area contributed by atoms with Crippen molar-refractivity contribution in [3.05, 3.63) is 372 Å². The lowest BCUT2D eigenvalue weighted by atomic mass is 9.67. The van der Waals surface area contributed by atoms with Crippen molar-refractivity contribution in [2.24, 2.45) is 10.8 Å². The third kappa shape index (κ3) is 10.4. The number of fused-ring (bicyclic) bond motifs is 8. The molecule has 4 nitrogen and oxygen atoms in total. The maximum absolute atomic E-state index is 5.74. The summed E-state index contributed by atoms with van der Waals surface area (Å²) in [7, 11) is 0. The number of hydrogen-bond donors (Lipinski definition) is 0. The molecule has 2 aliphatic heterocycles. The number of nitrogens with zero attached hydrogens (tertiary/aromatic N) is 2. The van der Waals surface area contributed by atoms with Crippen LogP contribution in [-0.4, -0.2) is 37.9 Å². The van der Waals surface area contributed by atoms with E-state index in [1.165, 1.54) is 98.1 Å². The highest BCUT2D eigenvalue weighted by atomic mass is 32.2. The first-order chi connectivity index (χ1) is 49.3. The van der Waals surface area contributed by atoms with Crippen molar-refractivity contribution in [2.45, 2.75) is 47.3 Å². The molecule has 486 valence electrons. The minimum Gasteiger partial charge on any atom is -0.380 e. The second-order valence-electron chi connectivity index (χ2n) is 27.9. The average Bonchev–Trinajstić information content (AvgIpc) is 1.54. The van der Waals surface area contributed by atoms with Crippen LogP contribution in [0.25, 0.3) is 54.9 Å². The molecule has 4 aliphatic rings. The molecular formula is C94H76N2O2S2. The van der Waals surface area contributed by atoms with Gasteiger partial charge in [0.15, 0.2) is 0 Å². The predicted octanol–water partition coefficient (Wildman–Crippen LogP) is 24.4. The molecule has 2 fully saturated rings. The fourth-order valence-corrected chi connectivity index (χ4v) is 18.9. The highest BCUT2D eigenvalue weighted by Crippen LogP contribution is 2.60. The molecule has 0 saturated carbocycles. The van der Waals surface area contributed by atoms with E-state index in [1.807, 2.05) is 23.5 Å². The van der Waals surface area contributed by atoms with Gasteiger partial charge in [-0.1, -0.05) is 232 Å². The minimum atomic E-state index is -0.610. The standard InChI is InChI=1S/C94H76N2O2S2/c1-3-91(59-97-60-91)63-99-81-49-39-71(40-50-81)93(73-37-31-65-19-11-13-21-69(65)55-73)87-29-17-15-27-83(87)85-53-47-79(57-89(85)93)95(75-23-7-5-8-24-75)77-43-33-67(34-44-77)68-35-45-78(46-36-68)96(76-25-9-6-10-26-76)80-48-54-86-84-28-16-18-30-88(84)94(90(86)58-80,74-38-32-66-20-12-14-22-70(66)56-74)72-41-51-82(52-42-72)100-64-92(4-2)61-98-62-92/h5-58H,3-4,59-64H2,1-2H3/t93-,94?/m1/s1. The first kappa shape index (κ1) is 62.1. The van der Waals surface area contributed by atoms with Gasteiger partial charge >= 0.3 is 0 Å². The number of benzene rings is 14. The van der Waals surface area contributed by atoms with E-state index in [0.717, 1.165) is 96.0 Å². The maximum Gasteiger partial charge on any atom is 0.0714 e. The van der Waals surface area contributed by atoms with E-state index in [-0.39, 0.29) is 10.8 Å². The quantitative estimate of drug-likeness (QED) is 0.0749. The second-order valence-corrected chi connectivity index (χ2v) is 30.0. The highest BCUT2D eigenvalue weighted by Gasteiger charge is 2.49. The number of para-hydroxylation sites is 2. The lowest BCUT2D eigenvalue weighted by Gasteiger charge is -2.40. The van der Waals surface area contributed by atoms with Crippen LogP contribution in [0.3, 0.4) is 0 Å². The van der Waals surface area contributed by atoms with Gasteiger partial charge in [0.05, 0.1) is 37.3 Å². The average molecular weight is 1330 g/mol. The zero-order valence-electron chi connectivity index (χ0n) is 56.4. The molecular weight excluding hydrogens is 1250 g/mol. The summed E-state index contributed by atoms with van der Waals surface area (Å²) in [5.74, 6) is 2.11. The zero-order valence-corrected chi connectivity index (χ0v) is 58.0. The lowest BCUT2D eigenvalue weighted by Crippen LogP contribution is -2.44. The summed E-state index contributed by atoms with van der Waals surface area (Å²) in [6, 6.07) is 124. The van der Waals surface area contributed by atoms with E-state index in [9.17, 15) is 0 Å². The molecule has 0 amide bonds. The van der Waals surface area contributed by atoms with Crippen LogP contribution in [0.4, 0.5) is 34.1 Å². The molecule has 14 aromatic rings. The van der Waals surface area contributed by atoms with E-state index in [2.05, 4.69) is 351 Å². The predicted molar refractivity (Wildman–Crippen MR) is 419 cm³/mol. The van der Waals surface area contributed by atoms with Crippen molar-refractivity contribution in [3.8, 4) is 33.4 Å². The second kappa shape index (κ2) is 25.5. The highest BCUT2D eigenvalue weighted by molar-refractivity contribution is 7.99. The maximum atomic E-state index is 5.74. The molecule has 2 atom stereocenters. The Bertz CT molecular complexity index is 5010. The normalized spacial score (nSPS) is 17.3. The van der Waals surface area contributed by atoms with Crippen molar-refractivity contribution in [3.63, 3.8) is 0 Å². The summed E-state index contributed by atoms with van der Waals surface area (Å²) >= 11 is 3.92. The van der Waals surface area contributed by atoms with Gasteiger partial charge in [0.1, 0.15) is 0 Å². The fourth-order valence-electron chi connectivity index (χ4n) is 16.5. The summed E-state index contributed by atoms with van der Waals surface area (Å²) in [4.78, 5) is 7.43. The van der Waals surface area contributed by atoms with Crippen LogP contribution in [0.5, 0.6) is 0 Å². The molecule has 0 bridgehead atoms. The molecule has 14 aromatic carbocycles. The molecule has 0 radical (unpaired) electrons. The van der Waals surface area contributed by atoms with Crippen LogP contribution in [0.1, 0.15) is 71.2 Å². The van der Waals surface area contributed by atoms with Crippen molar-refractivity contribution >= 4 is 79.2 Å². The Morgan fingerprint density at radius 2 is 0.610 bits per heavy atom. The molecule has 0 N–H and O–H groups in total. The summed E-state index contributed by atoms with van der Waals surface area (Å²) in [5, 5.41) is 4.93. The molecule has 0 aromatic heterocycles. The van der Waals surface area contributed by atoms with Gasteiger partial charge in [0.25, 0.3) is 0 Å². The summed E-state index contributed by atoms with van der Waals surface area (Å²) in [5.41, 5.74) is 23.3. The molecule has 6 heteroatoms. The number of hydrogen-bond acceptors (Lipinski definition) is 6. The van der Waals surface area contributed by atoms with Crippen LogP contribution in [0.15, 0.2) is 337 Å². The Labute approximate surface area is 596 Å². The molecule has 2 heterocycles. The molecule has 18 rings (SSSR count). The van der Waals surface area contributed by atoms with Gasteiger partial charge in [0.2, 0.25) is 0 Å². The number of anilines is 6. The smallest absolute Gasteiger partial charge is 0.0714 e. The number of thioether (sulfide) groups is 2. The first-order valence-electron chi connectivity index (χ1n) is 35.3. The molecule has 2 aliphatic carbocycles. The van der Waals surface area contributed by atoms with Gasteiger partial charge in [-0.2, -0.15) is 0 Å². The van der Waals surface area contributed by atoms with Crippen LogP contribution >= 0.6 is 23.5 Å². The Balaban J connectivity index is 0.709. The van der Waals surface area contributed by atoms with Crippen LogP contribution in [0, 0.1) is 10.8 Å². The fraction of sp³-hybridized carbons (Fsp3) is 0.149. The van der Waals surface area contributed by atoms with Crippen molar-refractivity contribution in [1.29, 1.82) is 0 Å². The molecule has 1 unspecified atom stereocenters. The molecule has 2 saturated heterocycles. The Kier molecular flexibility index (Phi) is 15.9. The topological polar surface area (TPSA) is 24.9 Å². The van der Waals surface area contributed by atoms with E-state index >= 15 is 0 Å². The number of rotatable bonds is 19. The van der Waals surface area contributed by atoms with E-state index < -0.39 is 10.8 Å². The van der Waals surface area contributed by atoms with Crippen molar-refractivity contribution in [1.82, 2.24) is 0 Å². The summed E-state index contributed by atoms with van der Waals surface area (Å²) in [6.45, 7) is 7.99. The summed E-state index contributed by atoms with van der Waals surface area (Å²) in [6.07, 6.45) is 2.26. The molecule has 100 heavy (non-hydrogen) atoms. The molecule has 0 spiro atoms. The summed E-state index contributed by atoms with van der Waals surface area (Å²) < 4.78 is 11.5. The van der Waals surface area contributed by atoms with Gasteiger partial charge in [-0.15, -0.1) is 23.5 Å². The van der Waals surface area contributed by atoms with Gasteiger partial charge < -0.3 is 19.3 Å². The van der Waals surface area contributed by atoms with Crippen LogP contribution < -0.4 is 9.80 Å². The van der Waals surface area contributed by atoms with Gasteiger partial charge in [-0.25, -0.2) is 0 Å². The van der Waals surface area contributed by atoms with Crippen LogP contribution in [0.2, 0.25) is 0 Å². The van der Waals surface area contributed by atoms with Gasteiger partial charge in [-0.05, 0) is 221 Å². The minimum absolute atomic E-state index is 0.256. The van der Waals surface area contributed by atoms with Gasteiger partial charge in [-0.3, -0.25) is 0 Å². The monoisotopic (exact) mass is 1330 g/mol. The SMILES string of the molecule is CCC1(CSc2ccc(C3(c4ccc5ccccc5c4)c4ccccc4-c4ccc(N(c5ccccc5)c5ccc(-c6ccc(N(c7ccccc7)c7ccc8c(c7)[C@](c7ccc(SCC9(CC)COC9)cc7)(c7ccc9ccccc9c7)c7ccccc7-8)cc6)cc5)cc43)cc2)COC1. The number of ether oxygens (including phenoxy) is 2. The van der Waals surface area contributed by atoms with Gasteiger partial charge in [0, 0.05) is 66.3 Å². The van der Waals surface area contributed by atoms with Crippen LogP contribution in [-0.2, 0) is 20.3 Å². The Morgan fingerprint density at radius 3 is 0.990 bits per heavy atom. The lowest BCUT2D eigenvalue weighted by molar-refractivity contribution is -0.0994. The van der Waals surface area contributed by atoms with Crippen molar-refractivity contribution < 1.29 is 9.47 Å². The third-order valence-corrected chi connectivity index (χ3v) is 25.1. The van der Waals surface area contributed by atoms with E-state index in [1.54, 1.807) is 0 Å². The largest absolute Gasteiger partial charge is 0.380 e. The Morgan fingerprint density at radius 1 is 0.280 bits per heavy atom.